The van der Waals surface area contributed by atoms with Crippen molar-refractivity contribution in [1.82, 2.24) is 5.32 Å². The van der Waals surface area contributed by atoms with E-state index >= 15 is 0 Å². The minimum Gasteiger partial charge on any atom is -0.481 e. The van der Waals surface area contributed by atoms with Gasteiger partial charge in [0, 0.05) is 12.6 Å². The zero-order chi connectivity index (χ0) is 18.7. The van der Waals surface area contributed by atoms with E-state index in [-0.39, 0.29) is 5.91 Å². The zero-order valence-corrected chi connectivity index (χ0v) is 14.7. The highest BCUT2D eigenvalue weighted by atomic mass is 16.5. The van der Waals surface area contributed by atoms with Gasteiger partial charge in [0.1, 0.15) is 5.75 Å². The summed E-state index contributed by atoms with van der Waals surface area (Å²) in [6, 6.07) is 19.0. The number of nitrogens with two attached hydrogens (primary N) is 1. The lowest BCUT2D eigenvalue weighted by molar-refractivity contribution is -0.123. The minimum atomic E-state index is -0.735. The minimum absolute atomic E-state index is 0.147. The van der Waals surface area contributed by atoms with E-state index in [1.807, 2.05) is 54.6 Å². The molecule has 0 aromatic heterocycles. The van der Waals surface area contributed by atoms with Gasteiger partial charge in [0.2, 0.25) is 0 Å². The maximum absolute atomic E-state index is 12.0. The number of carbonyl (C=O) groups is 2. The Morgan fingerprint density at radius 2 is 1.81 bits per heavy atom. The smallest absolute Gasteiger partial charge is 0.258 e. The Kier molecular flexibility index (Phi) is 4.89. The van der Waals surface area contributed by atoms with E-state index in [4.69, 9.17) is 10.5 Å². The van der Waals surface area contributed by atoms with Gasteiger partial charge in [-0.2, -0.15) is 0 Å². The lowest BCUT2D eigenvalue weighted by Gasteiger charge is -2.15. The number of benzene rings is 3. The molecular formula is C21H20N2O3. The first-order valence-electron chi connectivity index (χ1n) is 8.31. The van der Waals surface area contributed by atoms with Crippen LogP contribution in [-0.2, 0) is 4.79 Å². The van der Waals surface area contributed by atoms with Crippen molar-refractivity contribution in [3.05, 3.63) is 66.2 Å². The van der Waals surface area contributed by atoms with E-state index in [2.05, 4.69) is 5.32 Å². The highest BCUT2D eigenvalue weighted by Gasteiger charge is 2.14. The number of primary amides is 1. The van der Waals surface area contributed by atoms with Crippen LogP contribution in [0.1, 0.15) is 17.3 Å². The summed E-state index contributed by atoms with van der Waals surface area (Å²) in [5.74, 6) is -0.123. The summed E-state index contributed by atoms with van der Waals surface area (Å²) in [5, 5.41) is 4.63. The highest BCUT2D eigenvalue weighted by molar-refractivity contribution is 6.00. The van der Waals surface area contributed by atoms with Crippen LogP contribution in [0, 0.1) is 0 Å². The number of rotatable bonds is 5. The average molecular weight is 348 g/mol. The van der Waals surface area contributed by atoms with Crippen molar-refractivity contribution in [3.63, 3.8) is 0 Å². The van der Waals surface area contributed by atoms with Crippen molar-refractivity contribution >= 4 is 22.6 Å². The van der Waals surface area contributed by atoms with Crippen molar-refractivity contribution in [1.29, 1.82) is 0 Å². The molecule has 26 heavy (non-hydrogen) atoms. The number of amides is 2. The van der Waals surface area contributed by atoms with Crippen LogP contribution in [0.2, 0.25) is 0 Å². The SMILES string of the molecule is CNC(=O)c1cccc(-c2cc(OC(C)C(N)=O)cc3ccccc23)c1. The Morgan fingerprint density at radius 1 is 1.04 bits per heavy atom. The first kappa shape index (κ1) is 17.5. The number of hydrogen-bond donors (Lipinski definition) is 2. The Bertz CT molecular complexity index is 982. The van der Waals surface area contributed by atoms with Crippen molar-refractivity contribution < 1.29 is 14.3 Å². The molecule has 5 heteroatoms. The molecule has 0 aliphatic heterocycles. The lowest BCUT2D eigenvalue weighted by Crippen LogP contribution is -2.30. The zero-order valence-electron chi connectivity index (χ0n) is 14.7. The molecule has 0 radical (unpaired) electrons. The lowest BCUT2D eigenvalue weighted by atomic mass is 9.96. The van der Waals surface area contributed by atoms with E-state index in [9.17, 15) is 9.59 Å². The van der Waals surface area contributed by atoms with Crippen LogP contribution >= 0.6 is 0 Å². The van der Waals surface area contributed by atoms with E-state index in [0.717, 1.165) is 21.9 Å². The molecule has 1 unspecified atom stereocenters. The van der Waals surface area contributed by atoms with E-state index in [1.54, 1.807) is 20.0 Å². The maximum Gasteiger partial charge on any atom is 0.258 e. The van der Waals surface area contributed by atoms with Gasteiger partial charge in [-0.25, -0.2) is 0 Å². The quantitative estimate of drug-likeness (QED) is 0.743. The Hall–Kier alpha value is -3.34. The van der Waals surface area contributed by atoms with Crippen LogP contribution in [0.25, 0.3) is 21.9 Å². The molecule has 0 bridgehead atoms. The molecule has 3 N–H and O–H groups in total. The molecule has 0 heterocycles. The molecular weight excluding hydrogens is 328 g/mol. The van der Waals surface area contributed by atoms with E-state index in [1.165, 1.54) is 0 Å². The first-order chi connectivity index (χ1) is 12.5. The molecule has 0 aliphatic rings. The first-order valence-corrected chi connectivity index (χ1v) is 8.31. The van der Waals surface area contributed by atoms with Gasteiger partial charge in [-0.1, -0.05) is 36.4 Å². The monoisotopic (exact) mass is 348 g/mol. The van der Waals surface area contributed by atoms with Crippen LogP contribution in [0.15, 0.2) is 60.7 Å². The van der Waals surface area contributed by atoms with Gasteiger partial charge < -0.3 is 15.8 Å². The van der Waals surface area contributed by atoms with Gasteiger partial charge in [0.15, 0.2) is 6.10 Å². The Labute approximate surface area is 151 Å². The second kappa shape index (κ2) is 7.27. The number of carbonyl (C=O) groups excluding carboxylic acids is 2. The molecule has 2 amide bonds. The average Bonchev–Trinajstić information content (AvgIpc) is 2.66. The van der Waals surface area contributed by atoms with E-state index < -0.39 is 12.0 Å². The molecule has 0 spiro atoms. The number of hydrogen-bond acceptors (Lipinski definition) is 3. The van der Waals surface area contributed by atoms with Crippen LogP contribution in [0.3, 0.4) is 0 Å². The fourth-order valence-electron chi connectivity index (χ4n) is 2.82. The normalized spacial score (nSPS) is 11.8. The summed E-state index contributed by atoms with van der Waals surface area (Å²) < 4.78 is 5.69. The summed E-state index contributed by atoms with van der Waals surface area (Å²) >= 11 is 0. The third-order valence-electron chi connectivity index (χ3n) is 4.21. The standard InChI is InChI=1S/C21H20N2O3/c1-13(20(22)24)26-17-11-15-6-3-4-9-18(15)19(12-17)14-7-5-8-16(10-14)21(25)23-2/h3-13H,1-2H3,(H2,22,24)(H,23,25). The van der Waals surface area contributed by atoms with Crippen molar-refractivity contribution in [2.24, 2.45) is 5.73 Å². The fourth-order valence-corrected chi connectivity index (χ4v) is 2.82. The van der Waals surface area contributed by atoms with Crippen LogP contribution in [-0.4, -0.2) is 25.0 Å². The molecule has 0 fully saturated rings. The molecule has 3 rings (SSSR count). The fraction of sp³-hybridized carbons (Fsp3) is 0.143. The Morgan fingerprint density at radius 3 is 2.54 bits per heavy atom. The van der Waals surface area contributed by atoms with Gasteiger partial charge in [-0.3, -0.25) is 9.59 Å². The molecule has 0 saturated heterocycles. The van der Waals surface area contributed by atoms with Gasteiger partial charge in [0.25, 0.3) is 11.8 Å². The molecule has 5 nitrogen and oxygen atoms in total. The summed E-state index contributed by atoms with van der Waals surface area (Å²) in [6.07, 6.45) is -0.735. The highest BCUT2D eigenvalue weighted by Crippen LogP contribution is 2.33. The molecule has 0 saturated carbocycles. The van der Waals surface area contributed by atoms with Crippen LogP contribution in [0.5, 0.6) is 5.75 Å². The maximum atomic E-state index is 12.0. The van der Waals surface area contributed by atoms with Gasteiger partial charge in [-0.05, 0) is 53.1 Å². The van der Waals surface area contributed by atoms with Crippen molar-refractivity contribution in [2.75, 3.05) is 7.05 Å². The number of nitrogens with one attached hydrogen (secondary N) is 1. The molecule has 1 atom stereocenters. The third-order valence-corrected chi connectivity index (χ3v) is 4.21. The molecule has 132 valence electrons. The third kappa shape index (κ3) is 3.52. The second-order valence-electron chi connectivity index (χ2n) is 6.01. The predicted molar refractivity (Wildman–Crippen MR) is 102 cm³/mol. The van der Waals surface area contributed by atoms with Gasteiger partial charge in [-0.15, -0.1) is 0 Å². The molecule has 0 aliphatic carbocycles. The predicted octanol–water partition coefficient (Wildman–Crippen LogP) is 3.12. The van der Waals surface area contributed by atoms with Gasteiger partial charge in [0.05, 0.1) is 0 Å². The van der Waals surface area contributed by atoms with Crippen molar-refractivity contribution in [2.45, 2.75) is 13.0 Å². The summed E-state index contributed by atoms with van der Waals surface area (Å²) in [6.45, 7) is 1.61. The number of ether oxygens (including phenoxy) is 1. The van der Waals surface area contributed by atoms with Crippen LogP contribution in [0.4, 0.5) is 0 Å². The largest absolute Gasteiger partial charge is 0.481 e. The van der Waals surface area contributed by atoms with Gasteiger partial charge >= 0.3 is 0 Å². The summed E-state index contributed by atoms with van der Waals surface area (Å²) in [5.41, 5.74) is 7.69. The van der Waals surface area contributed by atoms with E-state index in [0.29, 0.717) is 11.3 Å². The molecule has 3 aromatic carbocycles. The topological polar surface area (TPSA) is 81.4 Å². The number of fused-ring (bicyclic) bond motifs is 1. The summed E-state index contributed by atoms with van der Waals surface area (Å²) in [4.78, 5) is 23.3. The van der Waals surface area contributed by atoms with Crippen LogP contribution < -0.4 is 15.8 Å². The Balaban J connectivity index is 2.15. The van der Waals surface area contributed by atoms with Crippen molar-refractivity contribution in [3.8, 4) is 16.9 Å². The molecule has 3 aromatic rings. The summed E-state index contributed by atoms with van der Waals surface area (Å²) in [7, 11) is 1.60. The second-order valence-corrected chi connectivity index (χ2v) is 6.01.